The number of aryl methyl sites for hydroxylation is 1. The summed E-state index contributed by atoms with van der Waals surface area (Å²) in [5, 5.41) is 10.0. The van der Waals surface area contributed by atoms with E-state index in [9.17, 15) is 4.79 Å². The van der Waals surface area contributed by atoms with E-state index in [1.807, 2.05) is 42.1 Å². The van der Waals surface area contributed by atoms with Gasteiger partial charge < -0.3 is 15.2 Å². The van der Waals surface area contributed by atoms with E-state index in [-0.39, 0.29) is 12.5 Å². The Kier molecular flexibility index (Phi) is 4.85. The van der Waals surface area contributed by atoms with Gasteiger partial charge in [-0.05, 0) is 25.1 Å². The Labute approximate surface area is 139 Å². The van der Waals surface area contributed by atoms with Gasteiger partial charge in [0.15, 0.2) is 0 Å². The normalized spacial score (nSPS) is 10.5. The number of carbonyl (C=O) groups excluding carboxylic acids is 1. The van der Waals surface area contributed by atoms with Gasteiger partial charge in [-0.25, -0.2) is 9.97 Å². The van der Waals surface area contributed by atoms with Gasteiger partial charge in [0.05, 0.1) is 0 Å². The first-order valence-electron chi connectivity index (χ1n) is 7.68. The van der Waals surface area contributed by atoms with E-state index >= 15 is 0 Å². The molecule has 0 bridgehead atoms. The standard InChI is InChI=1S/C16H19N7O/c1-13-20-14(11-15(21-13)22-8-2-3-9-22)17-6-7-18-16(24)12-23-10-4-5-19-23/h2-5,8-11H,6-7,12H2,1H3,(H,18,24)(H,17,20,21). The van der Waals surface area contributed by atoms with Crippen molar-refractivity contribution in [1.82, 2.24) is 29.6 Å². The second kappa shape index (κ2) is 7.40. The van der Waals surface area contributed by atoms with E-state index in [0.717, 1.165) is 11.6 Å². The fourth-order valence-corrected chi connectivity index (χ4v) is 2.25. The molecule has 0 aromatic carbocycles. The van der Waals surface area contributed by atoms with Gasteiger partial charge in [0, 0.05) is 43.9 Å². The number of amides is 1. The SMILES string of the molecule is Cc1nc(NCCNC(=O)Cn2cccn2)cc(-n2cccc2)n1. The van der Waals surface area contributed by atoms with Gasteiger partial charge in [-0.3, -0.25) is 9.48 Å². The van der Waals surface area contributed by atoms with Crippen molar-refractivity contribution < 1.29 is 4.79 Å². The summed E-state index contributed by atoms with van der Waals surface area (Å²) in [6.07, 6.45) is 7.26. The Balaban J connectivity index is 1.49. The topological polar surface area (TPSA) is 89.7 Å². The molecule has 24 heavy (non-hydrogen) atoms. The average Bonchev–Trinajstić information content (AvgIpc) is 3.24. The molecule has 3 heterocycles. The van der Waals surface area contributed by atoms with Gasteiger partial charge >= 0.3 is 0 Å². The third-order valence-electron chi connectivity index (χ3n) is 3.31. The lowest BCUT2D eigenvalue weighted by molar-refractivity contribution is -0.121. The monoisotopic (exact) mass is 325 g/mol. The number of anilines is 1. The third kappa shape index (κ3) is 4.19. The molecule has 0 unspecified atom stereocenters. The van der Waals surface area contributed by atoms with Gasteiger partial charge in [-0.1, -0.05) is 0 Å². The van der Waals surface area contributed by atoms with Crippen LogP contribution in [0.3, 0.4) is 0 Å². The van der Waals surface area contributed by atoms with Gasteiger partial charge in [0.1, 0.15) is 24.0 Å². The van der Waals surface area contributed by atoms with Crippen molar-refractivity contribution >= 4 is 11.7 Å². The minimum Gasteiger partial charge on any atom is -0.368 e. The molecule has 124 valence electrons. The lowest BCUT2D eigenvalue weighted by Crippen LogP contribution is -2.31. The molecule has 3 aromatic rings. The second-order valence-electron chi connectivity index (χ2n) is 5.23. The molecule has 0 radical (unpaired) electrons. The molecule has 8 heteroatoms. The van der Waals surface area contributed by atoms with Gasteiger partial charge in [-0.15, -0.1) is 0 Å². The van der Waals surface area contributed by atoms with Gasteiger partial charge in [0.2, 0.25) is 5.91 Å². The molecule has 0 atom stereocenters. The summed E-state index contributed by atoms with van der Waals surface area (Å²) >= 11 is 0. The Hall–Kier alpha value is -3.16. The molecule has 0 aliphatic carbocycles. The number of hydrogen-bond donors (Lipinski definition) is 2. The van der Waals surface area contributed by atoms with Crippen LogP contribution >= 0.6 is 0 Å². The molecule has 0 saturated carbocycles. The molecular formula is C16H19N7O. The van der Waals surface area contributed by atoms with E-state index in [1.54, 1.807) is 23.1 Å². The molecule has 0 saturated heterocycles. The molecule has 1 amide bonds. The van der Waals surface area contributed by atoms with Crippen LogP contribution in [0.15, 0.2) is 49.1 Å². The summed E-state index contributed by atoms with van der Waals surface area (Å²) in [7, 11) is 0. The zero-order valence-electron chi connectivity index (χ0n) is 13.4. The molecule has 8 nitrogen and oxygen atoms in total. The molecule has 0 aliphatic rings. The van der Waals surface area contributed by atoms with Crippen molar-refractivity contribution in [2.24, 2.45) is 0 Å². The van der Waals surface area contributed by atoms with Crippen LogP contribution in [0.5, 0.6) is 0 Å². The van der Waals surface area contributed by atoms with Crippen LogP contribution in [0.25, 0.3) is 5.82 Å². The van der Waals surface area contributed by atoms with Gasteiger partial charge in [0.25, 0.3) is 0 Å². The number of hydrogen-bond acceptors (Lipinski definition) is 5. The maximum Gasteiger partial charge on any atom is 0.241 e. The number of nitrogens with zero attached hydrogens (tertiary/aromatic N) is 5. The molecule has 3 rings (SSSR count). The molecule has 3 aromatic heterocycles. The van der Waals surface area contributed by atoms with Crippen LogP contribution in [-0.4, -0.2) is 43.3 Å². The summed E-state index contributed by atoms with van der Waals surface area (Å²) < 4.78 is 3.51. The van der Waals surface area contributed by atoms with E-state index in [0.29, 0.717) is 18.9 Å². The first-order chi connectivity index (χ1) is 11.7. The number of aromatic nitrogens is 5. The van der Waals surface area contributed by atoms with E-state index in [1.165, 1.54) is 0 Å². The Morgan fingerprint density at radius 3 is 2.71 bits per heavy atom. The summed E-state index contributed by atoms with van der Waals surface area (Å²) in [5.41, 5.74) is 0. The Bertz CT molecular complexity index is 781. The fourth-order valence-electron chi connectivity index (χ4n) is 2.25. The zero-order chi connectivity index (χ0) is 16.8. The highest BCUT2D eigenvalue weighted by atomic mass is 16.2. The molecule has 2 N–H and O–H groups in total. The lowest BCUT2D eigenvalue weighted by Gasteiger charge is -2.10. The molecule has 0 fully saturated rings. The van der Waals surface area contributed by atoms with Crippen LogP contribution in [0, 0.1) is 6.92 Å². The summed E-state index contributed by atoms with van der Waals surface area (Å²) in [6, 6.07) is 7.55. The largest absolute Gasteiger partial charge is 0.368 e. The summed E-state index contributed by atoms with van der Waals surface area (Å²) in [6.45, 7) is 3.15. The number of rotatable bonds is 7. The van der Waals surface area contributed by atoms with Crippen molar-refractivity contribution in [3.63, 3.8) is 0 Å². The highest BCUT2D eigenvalue weighted by Crippen LogP contribution is 2.10. The highest BCUT2D eigenvalue weighted by molar-refractivity contribution is 5.75. The summed E-state index contributed by atoms with van der Waals surface area (Å²) in [4.78, 5) is 20.5. The first kappa shape index (κ1) is 15.7. The molecule has 0 aliphatic heterocycles. The Morgan fingerprint density at radius 2 is 1.96 bits per heavy atom. The van der Waals surface area contributed by atoms with Crippen molar-refractivity contribution in [2.45, 2.75) is 13.5 Å². The van der Waals surface area contributed by atoms with Crippen molar-refractivity contribution in [2.75, 3.05) is 18.4 Å². The maximum atomic E-state index is 11.8. The van der Waals surface area contributed by atoms with Crippen molar-refractivity contribution in [3.05, 3.63) is 54.9 Å². The second-order valence-corrected chi connectivity index (χ2v) is 5.23. The van der Waals surface area contributed by atoms with Crippen LogP contribution in [0.2, 0.25) is 0 Å². The average molecular weight is 325 g/mol. The minimum absolute atomic E-state index is 0.0765. The maximum absolute atomic E-state index is 11.8. The van der Waals surface area contributed by atoms with E-state index in [4.69, 9.17) is 0 Å². The van der Waals surface area contributed by atoms with Crippen LogP contribution in [-0.2, 0) is 11.3 Å². The quantitative estimate of drug-likeness (QED) is 0.633. The van der Waals surface area contributed by atoms with Crippen LogP contribution in [0.1, 0.15) is 5.82 Å². The number of carbonyl (C=O) groups is 1. The third-order valence-corrected chi connectivity index (χ3v) is 3.31. The first-order valence-corrected chi connectivity index (χ1v) is 7.68. The summed E-state index contributed by atoms with van der Waals surface area (Å²) in [5.74, 6) is 2.14. The van der Waals surface area contributed by atoms with Crippen molar-refractivity contribution in [3.8, 4) is 5.82 Å². The highest BCUT2D eigenvalue weighted by Gasteiger charge is 2.04. The smallest absolute Gasteiger partial charge is 0.241 e. The van der Waals surface area contributed by atoms with E-state index < -0.39 is 0 Å². The molecular weight excluding hydrogens is 306 g/mol. The zero-order valence-corrected chi connectivity index (χ0v) is 13.4. The van der Waals surface area contributed by atoms with Crippen LogP contribution in [0.4, 0.5) is 5.82 Å². The van der Waals surface area contributed by atoms with Gasteiger partial charge in [-0.2, -0.15) is 5.10 Å². The lowest BCUT2D eigenvalue weighted by atomic mass is 10.4. The fraction of sp³-hybridized carbons (Fsp3) is 0.250. The number of nitrogens with one attached hydrogen (secondary N) is 2. The Morgan fingerprint density at radius 1 is 1.12 bits per heavy atom. The van der Waals surface area contributed by atoms with E-state index in [2.05, 4.69) is 25.7 Å². The predicted molar refractivity (Wildman–Crippen MR) is 89.8 cm³/mol. The predicted octanol–water partition coefficient (Wildman–Crippen LogP) is 1.00. The minimum atomic E-state index is -0.0765. The molecule has 0 spiro atoms. The van der Waals surface area contributed by atoms with Crippen molar-refractivity contribution in [1.29, 1.82) is 0 Å². The van der Waals surface area contributed by atoms with Crippen LogP contribution < -0.4 is 10.6 Å².